The maximum absolute atomic E-state index is 11.2. The van der Waals surface area contributed by atoms with Crippen LogP contribution in [0.1, 0.15) is 23.0 Å². The lowest BCUT2D eigenvalue weighted by Gasteiger charge is -2.18. The number of aliphatic hydroxyl groups excluding tert-OH is 2. The number of benzene rings is 2. The Balaban J connectivity index is 0.000000351. The Morgan fingerprint density at radius 1 is 1.12 bits per heavy atom. The van der Waals surface area contributed by atoms with Gasteiger partial charge in [-0.3, -0.25) is 9.36 Å². The topological polar surface area (TPSA) is 172 Å². The van der Waals surface area contributed by atoms with Gasteiger partial charge in [0.05, 0.1) is 36.3 Å². The van der Waals surface area contributed by atoms with Crippen molar-refractivity contribution in [3.8, 4) is 0 Å². The van der Waals surface area contributed by atoms with E-state index in [-0.39, 0.29) is 6.04 Å². The molecule has 0 spiro atoms. The number of amides is 1. The molecule has 4 N–H and O–H groups in total. The second kappa shape index (κ2) is 13.9. The summed E-state index contributed by atoms with van der Waals surface area (Å²) in [6.07, 6.45) is 0.863. The number of nitrogens with zero attached hydrogens (tertiary/aromatic N) is 5. The lowest BCUT2D eigenvalue weighted by molar-refractivity contribution is -0.107. The third kappa shape index (κ3) is 6.95. The number of aliphatic hydroxyl groups is 2. The molecule has 43 heavy (non-hydrogen) atoms. The molecule has 0 radical (unpaired) electrons. The number of para-hydroxylation sites is 1. The summed E-state index contributed by atoms with van der Waals surface area (Å²) in [5.74, 6) is 0.0973. The minimum Gasteiger partial charge on any atom is -0.478 e. The van der Waals surface area contributed by atoms with E-state index in [9.17, 15) is 19.8 Å². The summed E-state index contributed by atoms with van der Waals surface area (Å²) in [7, 11) is 1.68. The van der Waals surface area contributed by atoms with Gasteiger partial charge in [-0.1, -0.05) is 30.3 Å². The molecule has 0 aliphatic carbocycles. The molecule has 4 heterocycles. The summed E-state index contributed by atoms with van der Waals surface area (Å²) >= 11 is 1.45. The summed E-state index contributed by atoms with van der Waals surface area (Å²) in [6, 6.07) is 15.9. The molecule has 2 aliphatic rings. The summed E-state index contributed by atoms with van der Waals surface area (Å²) in [6.45, 7) is 1.31. The van der Waals surface area contributed by atoms with Gasteiger partial charge in [0, 0.05) is 24.3 Å². The minimum atomic E-state index is -1.16. The number of fused-ring (bicyclic) bond motifs is 1. The number of thioether (sulfide) groups is 1. The molecule has 0 saturated carbocycles. The Labute approximate surface area is 251 Å². The van der Waals surface area contributed by atoms with Gasteiger partial charge in [0.1, 0.15) is 18.5 Å². The molecular formula is C29H32N6O7S. The first-order chi connectivity index (χ1) is 20.9. The minimum absolute atomic E-state index is 0.154. The number of hydrogen-bond donors (Lipinski definition) is 4. The summed E-state index contributed by atoms with van der Waals surface area (Å²) in [5, 5.41) is 33.2. The maximum Gasteiger partial charge on any atom is 0.335 e. The monoisotopic (exact) mass is 608 g/mol. The van der Waals surface area contributed by atoms with E-state index in [4.69, 9.17) is 14.6 Å². The van der Waals surface area contributed by atoms with Crippen molar-refractivity contribution in [2.45, 2.75) is 41.9 Å². The smallest absolute Gasteiger partial charge is 0.335 e. The highest BCUT2D eigenvalue weighted by Gasteiger charge is 2.44. The molecule has 2 aromatic carbocycles. The van der Waals surface area contributed by atoms with Crippen LogP contribution in [0, 0.1) is 0 Å². The number of rotatable bonds is 9. The van der Waals surface area contributed by atoms with E-state index in [1.54, 1.807) is 48.3 Å². The molecular weight excluding hydrogens is 576 g/mol. The van der Waals surface area contributed by atoms with Crippen LogP contribution in [0.3, 0.4) is 0 Å². The number of carbonyl (C=O) groups is 2. The van der Waals surface area contributed by atoms with Crippen molar-refractivity contribution in [3.05, 3.63) is 72.8 Å². The van der Waals surface area contributed by atoms with Crippen LogP contribution < -0.4 is 10.2 Å². The van der Waals surface area contributed by atoms with Crippen LogP contribution in [0.5, 0.6) is 0 Å². The largest absolute Gasteiger partial charge is 0.478 e. The SMILES string of the molecule is CN(C=O)c1ccccc1SC[C@H]1O[C@@H](n2cnc3c(N[C@@H]4CCOC4)ncnc32)[C@H](O)[C@@H]1O.O=C(O)c1ccccc1. The average Bonchev–Trinajstić information content (AvgIpc) is 3.77. The zero-order valence-electron chi connectivity index (χ0n) is 23.3. The number of carbonyl (C=O) groups excluding carboxylic acids is 1. The third-order valence-electron chi connectivity index (χ3n) is 7.07. The lowest BCUT2D eigenvalue weighted by atomic mass is 10.1. The van der Waals surface area contributed by atoms with Crippen LogP contribution >= 0.6 is 11.8 Å². The third-order valence-corrected chi connectivity index (χ3v) is 8.22. The second-order valence-corrected chi connectivity index (χ2v) is 11.0. The Morgan fingerprint density at radius 2 is 1.88 bits per heavy atom. The van der Waals surface area contributed by atoms with Crippen LogP contribution in [0.2, 0.25) is 0 Å². The van der Waals surface area contributed by atoms with E-state index in [1.807, 2.05) is 24.3 Å². The number of anilines is 2. The van der Waals surface area contributed by atoms with E-state index in [2.05, 4.69) is 20.3 Å². The molecule has 2 aromatic heterocycles. The number of carboxylic acids is 1. The van der Waals surface area contributed by atoms with Gasteiger partial charge < -0.3 is 35.0 Å². The zero-order chi connectivity index (χ0) is 30.3. The molecule has 5 atom stereocenters. The van der Waals surface area contributed by atoms with Crippen LogP contribution in [0.25, 0.3) is 11.2 Å². The molecule has 4 aromatic rings. The summed E-state index contributed by atoms with van der Waals surface area (Å²) in [4.78, 5) is 36.9. The molecule has 2 aliphatic heterocycles. The normalized spacial score (nSPS) is 23.0. The maximum atomic E-state index is 11.2. The molecule has 6 rings (SSSR count). The molecule has 13 nitrogen and oxygen atoms in total. The molecule has 1 amide bonds. The van der Waals surface area contributed by atoms with E-state index >= 15 is 0 Å². The van der Waals surface area contributed by atoms with E-state index in [0.717, 1.165) is 23.4 Å². The number of carboxylic acid groups (broad SMARTS) is 1. The first-order valence-corrected chi connectivity index (χ1v) is 14.6. The van der Waals surface area contributed by atoms with Crippen molar-refractivity contribution in [1.29, 1.82) is 0 Å². The van der Waals surface area contributed by atoms with Crippen molar-refractivity contribution in [2.24, 2.45) is 0 Å². The van der Waals surface area contributed by atoms with Gasteiger partial charge in [0.25, 0.3) is 0 Å². The Bertz CT molecular complexity index is 1530. The zero-order valence-corrected chi connectivity index (χ0v) is 24.1. The molecule has 0 bridgehead atoms. The number of ether oxygens (including phenoxy) is 2. The highest BCUT2D eigenvalue weighted by Crippen LogP contribution is 2.36. The lowest BCUT2D eigenvalue weighted by Crippen LogP contribution is -2.32. The molecule has 2 saturated heterocycles. The van der Waals surface area contributed by atoms with Gasteiger partial charge in [-0.2, -0.15) is 0 Å². The fraction of sp³-hybridized carbons (Fsp3) is 0.345. The Kier molecular flexibility index (Phi) is 9.84. The van der Waals surface area contributed by atoms with Crippen molar-refractivity contribution in [2.75, 3.05) is 36.2 Å². The van der Waals surface area contributed by atoms with Crippen LogP contribution in [-0.2, 0) is 14.3 Å². The highest BCUT2D eigenvalue weighted by atomic mass is 32.2. The van der Waals surface area contributed by atoms with Gasteiger partial charge in [-0.15, -0.1) is 11.8 Å². The van der Waals surface area contributed by atoms with Crippen molar-refractivity contribution in [3.63, 3.8) is 0 Å². The van der Waals surface area contributed by atoms with Gasteiger partial charge in [-0.25, -0.2) is 19.7 Å². The number of aromatic carboxylic acids is 1. The van der Waals surface area contributed by atoms with Crippen LogP contribution in [0.4, 0.5) is 11.5 Å². The average molecular weight is 609 g/mol. The summed E-state index contributed by atoms with van der Waals surface area (Å²) in [5.41, 5.74) is 2.15. The molecule has 0 unspecified atom stereocenters. The molecule has 226 valence electrons. The van der Waals surface area contributed by atoms with Gasteiger partial charge >= 0.3 is 5.97 Å². The van der Waals surface area contributed by atoms with Gasteiger partial charge in [-0.05, 0) is 30.7 Å². The summed E-state index contributed by atoms with van der Waals surface area (Å²) < 4.78 is 13.1. The predicted molar refractivity (Wildman–Crippen MR) is 159 cm³/mol. The quantitative estimate of drug-likeness (QED) is 0.162. The van der Waals surface area contributed by atoms with Crippen molar-refractivity contribution >= 4 is 46.8 Å². The number of hydrogen-bond acceptors (Lipinski definition) is 11. The van der Waals surface area contributed by atoms with Gasteiger partial charge in [0.2, 0.25) is 6.41 Å². The first kappa shape index (κ1) is 30.4. The fourth-order valence-electron chi connectivity index (χ4n) is 4.76. The Morgan fingerprint density at radius 3 is 2.58 bits per heavy atom. The number of imidazole rings is 1. The number of nitrogens with one attached hydrogen (secondary N) is 1. The van der Waals surface area contributed by atoms with Crippen LogP contribution in [0.15, 0.2) is 72.1 Å². The van der Waals surface area contributed by atoms with Crippen LogP contribution in [-0.4, -0.2) is 97.6 Å². The van der Waals surface area contributed by atoms with Gasteiger partial charge in [0.15, 0.2) is 23.2 Å². The van der Waals surface area contributed by atoms with Crippen molar-refractivity contribution in [1.82, 2.24) is 19.5 Å². The first-order valence-electron chi connectivity index (χ1n) is 13.6. The molecule has 2 fully saturated rings. The fourth-order valence-corrected chi connectivity index (χ4v) is 5.92. The standard InChI is InChI=1S/C22H26N6O5S.C7H6O2/c1-27(12-29)14-4-2-3-5-16(14)34-9-15-18(30)19(31)22(33-15)28-11-25-17-20(23-10-24-21(17)28)26-13-6-7-32-8-13;8-7(9)6-4-2-1-3-5-6/h2-5,10-13,15,18-19,22,30-31H,6-9H2,1H3,(H,23,24,26);1-5H,(H,8,9)/t13-,15-,18-,19-,22-;/m1./s1. The second-order valence-electron chi connectivity index (χ2n) is 9.96. The Hall–Kier alpha value is -4.08. The van der Waals surface area contributed by atoms with E-state index in [0.29, 0.717) is 41.5 Å². The van der Waals surface area contributed by atoms with E-state index in [1.165, 1.54) is 23.0 Å². The predicted octanol–water partition coefficient (Wildman–Crippen LogP) is 2.42. The number of aromatic nitrogens is 4. The van der Waals surface area contributed by atoms with Crippen molar-refractivity contribution < 1.29 is 34.4 Å². The highest BCUT2D eigenvalue weighted by molar-refractivity contribution is 7.99. The molecule has 14 heteroatoms. The van der Waals surface area contributed by atoms with E-state index < -0.39 is 30.5 Å².